The molecule has 0 bridgehead atoms. The zero-order valence-corrected chi connectivity index (χ0v) is 18.1. The number of Topliss-reactive ketones (excluding diaryl/α,β-unsaturated/α-hetero) is 1. The van der Waals surface area contributed by atoms with Gasteiger partial charge in [-0.05, 0) is 55.9 Å². The van der Waals surface area contributed by atoms with Gasteiger partial charge in [-0.1, -0.05) is 13.8 Å². The van der Waals surface area contributed by atoms with Crippen LogP contribution in [0.4, 0.5) is 5.69 Å². The van der Waals surface area contributed by atoms with Crippen molar-refractivity contribution in [2.24, 2.45) is 0 Å². The topological polar surface area (TPSA) is 117 Å². The maximum Gasteiger partial charge on any atom is 0.295 e. The van der Waals surface area contributed by atoms with Crippen molar-refractivity contribution >= 4 is 23.1 Å². The first-order valence-electron chi connectivity index (χ1n) is 10.5. The van der Waals surface area contributed by atoms with Gasteiger partial charge in [-0.25, -0.2) is 0 Å². The molecule has 1 aliphatic rings. The number of hydrogen-bond donors (Lipinski definition) is 1. The number of nitrogens with zero attached hydrogens (tertiary/aromatic N) is 4. The predicted molar refractivity (Wildman–Crippen MR) is 119 cm³/mol. The third kappa shape index (κ3) is 4.67. The smallest absolute Gasteiger partial charge is 0.295 e. The van der Waals surface area contributed by atoms with Crippen LogP contribution in [0.25, 0.3) is 5.76 Å². The molecule has 2 heterocycles. The Balaban J connectivity index is 2.02. The zero-order chi connectivity index (χ0) is 23.3. The van der Waals surface area contributed by atoms with E-state index in [0.29, 0.717) is 24.1 Å². The highest BCUT2D eigenvalue weighted by Gasteiger charge is 2.45. The second-order valence-corrected chi connectivity index (χ2v) is 7.46. The molecule has 1 aromatic carbocycles. The predicted octanol–water partition coefficient (Wildman–Crippen LogP) is 3.14. The van der Waals surface area contributed by atoms with Gasteiger partial charge in [-0.3, -0.25) is 24.7 Å². The molecule has 9 nitrogen and oxygen atoms in total. The average molecular weight is 438 g/mol. The van der Waals surface area contributed by atoms with E-state index in [1.165, 1.54) is 41.6 Å². The van der Waals surface area contributed by atoms with Gasteiger partial charge in [0.2, 0.25) is 0 Å². The molecule has 1 aliphatic heterocycles. The molecular formula is C23H26N4O5. The maximum absolute atomic E-state index is 13.0. The summed E-state index contributed by atoms with van der Waals surface area (Å²) in [5.74, 6) is -1.76. The number of non-ortho nitro benzene ring substituents is 1. The van der Waals surface area contributed by atoms with Gasteiger partial charge in [0, 0.05) is 36.6 Å². The molecule has 2 aromatic rings. The van der Waals surface area contributed by atoms with Crippen LogP contribution in [0.5, 0.6) is 0 Å². The first-order chi connectivity index (χ1) is 15.4. The lowest BCUT2D eigenvalue weighted by Gasteiger charge is -2.26. The van der Waals surface area contributed by atoms with Crippen LogP contribution in [0.3, 0.4) is 0 Å². The van der Waals surface area contributed by atoms with Crippen LogP contribution in [0.2, 0.25) is 0 Å². The number of ketones is 1. The monoisotopic (exact) mass is 438 g/mol. The number of hydrogen-bond acceptors (Lipinski definition) is 7. The molecule has 1 amide bonds. The largest absolute Gasteiger partial charge is 0.507 e. The van der Waals surface area contributed by atoms with Crippen LogP contribution >= 0.6 is 0 Å². The van der Waals surface area contributed by atoms with Crippen LogP contribution in [-0.2, 0) is 9.59 Å². The average Bonchev–Trinajstić information content (AvgIpc) is 3.07. The van der Waals surface area contributed by atoms with Crippen LogP contribution < -0.4 is 0 Å². The summed E-state index contributed by atoms with van der Waals surface area (Å²) in [6.45, 7) is 6.94. The minimum absolute atomic E-state index is 0.0297. The van der Waals surface area contributed by atoms with Crippen LogP contribution in [0.15, 0.2) is 54.4 Å². The van der Waals surface area contributed by atoms with Crippen molar-refractivity contribution in [2.45, 2.75) is 26.3 Å². The Hall–Kier alpha value is -3.59. The summed E-state index contributed by atoms with van der Waals surface area (Å²) in [6.07, 6.45) is 3.61. The molecule has 1 saturated heterocycles. The molecule has 1 atom stereocenters. The SMILES string of the molecule is CCN(CC)CCCN1C(=O)C(=O)/C(=C(/O)c2ccncc2)C1c1ccc([N+](=O)[O-])cc1. The van der Waals surface area contributed by atoms with Gasteiger partial charge >= 0.3 is 0 Å². The fourth-order valence-electron chi connectivity index (χ4n) is 3.91. The number of likely N-dealkylation sites (tertiary alicyclic amines) is 1. The molecule has 168 valence electrons. The molecule has 0 saturated carbocycles. The van der Waals surface area contributed by atoms with E-state index in [1.807, 2.05) is 0 Å². The van der Waals surface area contributed by atoms with E-state index in [1.54, 1.807) is 12.1 Å². The van der Waals surface area contributed by atoms with Crippen molar-refractivity contribution in [1.82, 2.24) is 14.8 Å². The minimum Gasteiger partial charge on any atom is -0.507 e. The first kappa shape index (κ1) is 23.1. The van der Waals surface area contributed by atoms with Gasteiger partial charge < -0.3 is 14.9 Å². The number of amides is 1. The molecular weight excluding hydrogens is 412 g/mol. The standard InChI is InChI=1S/C23H26N4O5/c1-3-25(4-2)14-5-15-26-20(16-6-8-18(9-7-16)27(31)32)19(22(29)23(26)30)21(28)17-10-12-24-13-11-17/h6-13,20,28H,3-5,14-15H2,1-2H3/b21-19+. The number of aromatic nitrogens is 1. The van der Waals surface area contributed by atoms with Gasteiger partial charge in [-0.15, -0.1) is 0 Å². The molecule has 0 aliphatic carbocycles. The highest BCUT2D eigenvalue weighted by molar-refractivity contribution is 6.46. The third-order valence-corrected chi connectivity index (χ3v) is 5.68. The van der Waals surface area contributed by atoms with E-state index in [9.17, 15) is 24.8 Å². The number of carbonyl (C=O) groups is 2. The Labute approximate surface area is 186 Å². The van der Waals surface area contributed by atoms with Gasteiger partial charge in [0.05, 0.1) is 16.5 Å². The van der Waals surface area contributed by atoms with Gasteiger partial charge in [-0.2, -0.15) is 0 Å². The molecule has 32 heavy (non-hydrogen) atoms. The summed E-state index contributed by atoms with van der Waals surface area (Å²) in [5, 5.41) is 22.0. The molecule has 0 radical (unpaired) electrons. The number of pyridine rings is 1. The van der Waals surface area contributed by atoms with Crippen LogP contribution in [0, 0.1) is 10.1 Å². The van der Waals surface area contributed by atoms with E-state index in [4.69, 9.17) is 0 Å². The number of aliphatic hydroxyl groups is 1. The Kier molecular flexibility index (Phi) is 7.32. The van der Waals surface area contributed by atoms with Crippen molar-refractivity contribution in [3.63, 3.8) is 0 Å². The van der Waals surface area contributed by atoms with E-state index in [0.717, 1.165) is 19.6 Å². The zero-order valence-electron chi connectivity index (χ0n) is 18.1. The Morgan fingerprint density at radius 2 is 1.75 bits per heavy atom. The van der Waals surface area contributed by atoms with Crippen molar-refractivity contribution < 1.29 is 19.6 Å². The normalized spacial score (nSPS) is 17.8. The molecule has 9 heteroatoms. The van der Waals surface area contributed by atoms with Crippen molar-refractivity contribution in [3.8, 4) is 0 Å². The number of rotatable bonds is 9. The molecule has 1 aromatic heterocycles. The number of aliphatic hydroxyl groups excluding tert-OH is 1. The summed E-state index contributed by atoms with van der Waals surface area (Å²) >= 11 is 0. The highest BCUT2D eigenvalue weighted by Crippen LogP contribution is 2.39. The molecule has 0 spiro atoms. The maximum atomic E-state index is 13.0. The lowest BCUT2D eigenvalue weighted by Crippen LogP contribution is -2.33. The number of carbonyl (C=O) groups excluding carboxylic acids is 2. The van der Waals surface area contributed by atoms with Crippen molar-refractivity contribution in [1.29, 1.82) is 0 Å². The number of nitro benzene ring substituents is 1. The summed E-state index contributed by atoms with van der Waals surface area (Å²) < 4.78 is 0. The van der Waals surface area contributed by atoms with E-state index < -0.39 is 22.7 Å². The van der Waals surface area contributed by atoms with Crippen molar-refractivity contribution in [3.05, 3.63) is 75.6 Å². The Bertz CT molecular complexity index is 1020. The number of nitro groups is 1. The summed E-state index contributed by atoms with van der Waals surface area (Å²) in [7, 11) is 0. The van der Waals surface area contributed by atoms with Crippen LogP contribution in [-0.4, -0.2) is 62.7 Å². The van der Waals surface area contributed by atoms with E-state index >= 15 is 0 Å². The van der Waals surface area contributed by atoms with Gasteiger partial charge in [0.25, 0.3) is 17.4 Å². The van der Waals surface area contributed by atoms with E-state index in [-0.39, 0.29) is 17.0 Å². The lowest BCUT2D eigenvalue weighted by atomic mass is 9.95. The summed E-state index contributed by atoms with van der Waals surface area (Å²) in [5.41, 5.74) is 0.764. The molecule has 1 unspecified atom stereocenters. The molecule has 1 N–H and O–H groups in total. The second-order valence-electron chi connectivity index (χ2n) is 7.46. The fraction of sp³-hybridized carbons (Fsp3) is 0.348. The van der Waals surface area contributed by atoms with Gasteiger partial charge in [0.15, 0.2) is 0 Å². The number of benzene rings is 1. The lowest BCUT2D eigenvalue weighted by molar-refractivity contribution is -0.384. The molecule has 3 rings (SSSR count). The highest BCUT2D eigenvalue weighted by atomic mass is 16.6. The third-order valence-electron chi connectivity index (χ3n) is 5.68. The summed E-state index contributed by atoms with van der Waals surface area (Å²) in [4.78, 5) is 44.0. The Morgan fingerprint density at radius 1 is 1.12 bits per heavy atom. The van der Waals surface area contributed by atoms with E-state index in [2.05, 4.69) is 23.7 Å². The fourth-order valence-corrected chi connectivity index (χ4v) is 3.91. The quantitative estimate of drug-likeness (QED) is 0.210. The van der Waals surface area contributed by atoms with Crippen LogP contribution in [0.1, 0.15) is 37.4 Å². The minimum atomic E-state index is -0.833. The second kappa shape index (κ2) is 10.1. The van der Waals surface area contributed by atoms with Gasteiger partial charge in [0.1, 0.15) is 5.76 Å². The summed E-state index contributed by atoms with van der Waals surface area (Å²) in [6, 6.07) is 7.97. The Morgan fingerprint density at radius 3 is 2.31 bits per heavy atom. The van der Waals surface area contributed by atoms with Crippen molar-refractivity contribution in [2.75, 3.05) is 26.2 Å². The first-order valence-corrected chi connectivity index (χ1v) is 10.5. The molecule has 1 fully saturated rings.